The Morgan fingerprint density at radius 1 is 1.41 bits per heavy atom. The van der Waals surface area contributed by atoms with E-state index >= 15 is 0 Å². The predicted octanol–water partition coefficient (Wildman–Crippen LogP) is 0.918. The van der Waals surface area contributed by atoms with Gasteiger partial charge in [-0.05, 0) is 13.3 Å². The molecule has 17 heavy (non-hydrogen) atoms. The molecule has 0 bridgehead atoms. The first-order chi connectivity index (χ1) is 8.06. The highest BCUT2D eigenvalue weighted by atomic mass is 16.5. The Labute approximate surface area is 102 Å². The summed E-state index contributed by atoms with van der Waals surface area (Å²) in [6.45, 7) is 5.06. The number of carbonyl (C=O) groups is 2. The van der Waals surface area contributed by atoms with Crippen molar-refractivity contribution in [2.45, 2.75) is 32.7 Å². The highest BCUT2D eigenvalue weighted by molar-refractivity contribution is 5.82. The summed E-state index contributed by atoms with van der Waals surface area (Å²) in [6.07, 6.45) is 1.90. The van der Waals surface area contributed by atoms with Gasteiger partial charge in [0, 0.05) is 20.2 Å². The van der Waals surface area contributed by atoms with E-state index in [1.807, 2.05) is 13.8 Å². The zero-order valence-corrected chi connectivity index (χ0v) is 10.7. The molecule has 0 aliphatic carbocycles. The zero-order chi connectivity index (χ0) is 13.3. The van der Waals surface area contributed by atoms with Crippen molar-refractivity contribution in [2.75, 3.05) is 26.8 Å². The van der Waals surface area contributed by atoms with Gasteiger partial charge in [0.05, 0.1) is 6.61 Å². The molecular formula is C11H22N2O4. The Bertz CT molecular complexity index is 246. The molecule has 0 aromatic rings. The minimum Gasteiger partial charge on any atom is -0.480 e. The SMILES string of the molecule is CCCCN(CC)C(=O)NC(COC)C(=O)O. The topological polar surface area (TPSA) is 78.9 Å². The summed E-state index contributed by atoms with van der Waals surface area (Å²) in [7, 11) is 1.40. The molecule has 0 heterocycles. The Morgan fingerprint density at radius 3 is 2.47 bits per heavy atom. The maximum Gasteiger partial charge on any atom is 0.328 e. The summed E-state index contributed by atoms with van der Waals surface area (Å²) in [5.41, 5.74) is 0. The molecule has 2 amide bonds. The van der Waals surface area contributed by atoms with E-state index in [9.17, 15) is 9.59 Å². The van der Waals surface area contributed by atoms with E-state index in [1.165, 1.54) is 7.11 Å². The second-order valence-electron chi connectivity index (χ2n) is 3.73. The van der Waals surface area contributed by atoms with Crippen molar-refractivity contribution in [3.8, 4) is 0 Å². The predicted molar refractivity (Wildman–Crippen MR) is 64.0 cm³/mol. The van der Waals surface area contributed by atoms with Gasteiger partial charge in [-0.2, -0.15) is 0 Å². The Hall–Kier alpha value is -1.30. The Kier molecular flexibility index (Phi) is 8.13. The maximum atomic E-state index is 11.8. The monoisotopic (exact) mass is 246 g/mol. The average Bonchev–Trinajstić information content (AvgIpc) is 2.29. The van der Waals surface area contributed by atoms with Gasteiger partial charge in [-0.3, -0.25) is 0 Å². The second kappa shape index (κ2) is 8.81. The van der Waals surface area contributed by atoms with Crippen LogP contribution in [0.2, 0.25) is 0 Å². The lowest BCUT2D eigenvalue weighted by Gasteiger charge is -2.23. The number of methoxy groups -OCH3 is 1. The normalized spacial score (nSPS) is 11.9. The number of carboxylic acid groups (broad SMARTS) is 1. The summed E-state index contributed by atoms with van der Waals surface area (Å²) in [5.74, 6) is -1.09. The van der Waals surface area contributed by atoms with Crippen LogP contribution in [-0.4, -0.2) is 54.9 Å². The van der Waals surface area contributed by atoms with E-state index in [1.54, 1.807) is 4.90 Å². The molecule has 0 saturated carbocycles. The fourth-order valence-electron chi connectivity index (χ4n) is 1.33. The number of carbonyl (C=O) groups excluding carboxylic acids is 1. The van der Waals surface area contributed by atoms with E-state index in [0.717, 1.165) is 12.8 Å². The first kappa shape index (κ1) is 15.7. The summed E-state index contributed by atoms with van der Waals surface area (Å²) in [5, 5.41) is 11.3. The van der Waals surface area contributed by atoms with Gasteiger partial charge in [0.15, 0.2) is 6.04 Å². The van der Waals surface area contributed by atoms with Gasteiger partial charge in [-0.15, -0.1) is 0 Å². The van der Waals surface area contributed by atoms with Crippen molar-refractivity contribution < 1.29 is 19.4 Å². The molecule has 1 atom stereocenters. The van der Waals surface area contributed by atoms with Crippen LogP contribution in [0, 0.1) is 0 Å². The number of rotatable bonds is 8. The van der Waals surface area contributed by atoms with Crippen molar-refractivity contribution in [3.05, 3.63) is 0 Å². The van der Waals surface area contributed by atoms with Crippen LogP contribution in [-0.2, 0) is 9.53 Å². The second-order valence-corrected chi connectivity index (χ2v) is 3.73. The van der Waals surface area contributed by atoms with Crippen LogP contribution in [0.1, 0.15) is 26.7 Å². The van der Waals surface area contributed by atoms with Crippen LogP contribution in [0.3, 0.4) is 0 Å². The summed E-state index contributed by atoms with van der Waals surface area (Å²) in [4.78, 5) is 24.2. The highest BCUT2D eigenvalue weighted by Crippen LogP contribution is 1.97. The molecule has 0 saturated heterocycles. The average molecular weight is 246 g/mol. The highest BCUT2D eigenvalue weighted by Gasteiger charge is 2.22. The lowest BCUT2D eigenvalue weighted by atomic mass is 10.3. The van der Waals surface area contributed by atoms with Crippen molar-refractivity contribution >= 4 is 12.0 Å². The quantitative estimate of drug-likeness (QED) is 0.667. The molecule has 1 unspecified atom stereocenters. The summed E-state index contributed by atoms with van der Waals surface area (Å²) in [6, 6.07) is -1.35. The van der Waals surface area contributed by atoms with Crippen LogP contribution < -0.4 is 5.32 Å². The van der Waals surface area contributed by atoms with E-state index in [-0.39, 0.29) is 12.6 Å². The molecule has 100 valence electrons. The molecular weight excluding hydrogens is 224 g/mol. The van der Waals surface area contributed by atoms with Crippen LogP contribution in [0.4, 0.5) is 4.79 Å². The molecule has 0 fully saturated rings. The number of hydrogen-bond donors (Lipinski definition) is 2. The number of hydrogen-bond acceptors (Lipinski definition) is 3. The van der Waals surface area contributed by atoms with E-state index in [0.29, 0.717) is 13.1 Å². The van der Waals surface area contributed by atoms with Crippen LogP contribution in [0.5, 0.6) is 0 Å². The lowest BCUT2D eigenvalue weighted by molar-refractivity contribution is -0.140. The van der Waals surface area contributed by atoms with Gasteiger partial charge in [0.25, 0.3) is 0 Å². The Morgan fingerprint density at radius 2 is 2.06 bits per heavy atom. The standard InChI is InChI=1S/C11H22N2O4/c1-4-6-7-13(5-2)11(16)12-9(8-17-3)10(14)15/h9H,4-8H2,1-3H3,(H,12,16)(H,14,15). The Balaban J connectivity index is 4.30. The summed E-state index contributed by atoms with van der Waals surface area (Å²) < 4.78 is 4.75. The lowest BCUT2D eigenvalue weighted by Crippen LogP contribution is -2.50. The van der Waals surface area contributed by atoms with Crippen LogP contribution in [0.15, 0.2) is 0 Å². The maximum absolute atomic E-state index is 11.8. The molecule has 0 aromatic carbocycles. The smallest absolute Gasteiger partial charge is 0.328 e. The first-order valence-corrected chi connectivity index (χ1v) is 5.83. The number of carboxylic acids is 1. The van der Waals surface area contributed by atoms with Crippen molar-refractivity contribution in [3.63, 3.8) is 0 Å². The van der Waals surface area contributed by atoms with Crippen molar-refractivity contribution in [1.82, 2.24) is 10.2 Å². The van der Waals surface area contributed by atoms with Gasteiger partial charge in [0.2, 0.25) is 0 Å². The van der Waals surface area contributed by atoms with Gasteiger partial charge in [-0.25, -0.2) is 9.59 Å². The number of amides is 2. The van der Waals surface area contributed by atoms with Crippen molar-refractivity contribution in [2.24, 2.45) is 0 Å². The molecule has 0 aliphatic rings. The zero-order valence-electron chi connectivity index (χ0n) is 10.7. The van der Waals surface area contributed by atoms with Crippen LogP contribution >= 0.6 is 0 Å². The van der Waals surface area contributed by atoms with Gasteiger partial charge < -0.3 is 20.1 Å². The van der Waals surface area contributed by atoms with E-state index in [4.69, 9.17) is 9.84 Å². The largest absolute Gasteiger partial charge is 0.480 e. The number of nitrogens with one attached hydrogen (secondary N) is 1. The third kappa shape index (κ3) is 6.11. The molecule has 2 N–H and O–H groups in total. The van der Waals surface area contributed by atoms with Gasteiger partial charge in [-0.1, -0.05) is 13.3 Å². The van der Waals surface area contributed by atoms with Gasteiger partial charge in [0.1, 0.15) is 0 Å². The van der Waals surface area contributed by atoms with E-state index in [2.05, 4.69) is 5.32 Å². The third-order valence-electron chi connectivity index (χ3n) is 2.38. The number of ether oxygens (including phenoxy) is 1. The fourth-order valence-corrected chi connectivity index (χ4v) is 1.33. The van der Waals surface area contributed by atoms with Crippen molar-refractivity contribution in [1.29, 1.82) is 0 Å². The third-order valence-corrected chi connectivity index (χ3v) is 2.38. The summed E-state index contributed by atoms with van der Waals surface area (Å²) >= 11 is 0. The number of aliphatic carboxylic acids is 1. The van der Waals surface area contributed by atoms with Gasteiger partial charge >= 0.3 is 12.0 Å². The molecule has 6 nitrogen and oxygen atoms in total. The first-order valence-electron chi connectivity index (χ1n) is 5.83. The minimum absolute atomic E-state index is 0.0353. The molecule has 6 heteroatoms. The molecule has 0 aliphatic heterocycles. The van der Waals surface area contributed by atoms with E-state index < -0.39 is 12.0 Å². The molecule has 0 radical (unpaired) electrons. The van der Waals surface area contributed by atoms with Crippen LogP contribution in [0.25, 0.3) is 0 Å². The fraction of sp³-hybridized carbons (Fsp3) is 0.818. The molecule has 0 spiro atoms. The molecule has 0 aromatic heterocycles. The number of unbranched alkanes of at least 4 members (excludes halogenated alkanes) is 1. The number of nitrogens with zero attached hydrogens (tertiary/aromatic N) is 1. The molecule has 0 rings (SSSR count). The minimum atomic E-state index is -1.09. The number of urea groups is 1.